The number of piperidine rings is 1. The Morgan fingerprint density at radius 1 is 1.61 bits per heavy atom. The average molecular weight is 269 g/mol. The molecule has 1 amide bonds. The highest BCUT2D eigenvalue weighted by Gasteiger charge is 2.22. The zero-order valence-corrected chi connectivity index (χ0v) is 11.5. The van der Waals surface area contributed by atoms with Crippen molar-refractivity contribution in [1.82, 2.24) is 15.2 Å². The van der Waals surface area contributed by atoms with Crippen LogP contribution in [0.4, 0.5) is 10.9 Å². The van der Waals surface area contributed by atoms with Gasteiger partial charge in [-0.2, -0.15) is 0 Å². The lowest BCUT2D eigenvalue weighted by Gasteiger charge is -2.30. The van der Waals surface area contributed by atoms with Crippen LogP contribution in [0.25, 0.3) is 0 Å². The summed E-state index contributed by atoms with van der Waals surface area (Å²) < 4.78 is 0. The van der Waals surface area contributed by atoms with Crippen molar-refractivity contribution in [2.24, 2.45) is 0 Å². The molecule has 0 aromatic carbocycles. The number of anilines is 2. The number of nitrogens with zero attached hydrogens (tertiary/aromatic N) is 2. The fourth-order valence-electron chi connectivity index (χ4n) is 2.14. The van der Waals surface area contributed by atoms with E-state index in [4.69, 9.17) is 5.73 Å². The van der Waals surface area contributed by atoms with Crippen LogP contribution in [-0.4, -0.2) is 49.0 Å². The Kier molecular flexibility index (Phi) is 4.03. The Balaban J connectivity index is 2.00. The number of nitrogens with one attached hydrogen (secondary N) is 2. The van der Waals surface area contributed by atoms with E-state index in [1.807, 2.05) is 0 Å². The quantitative estimate of drug-likeness (QED) is 0.748. The van der Waals surface area contributed by atoms with Gasteiger partial charge in [0, 0.05) is 19.6 Å². The predicted molar refractivity (Wildman–Crippen MR) is 74.1 cm³/mol. The van der Waals surface area contributed by atoms with E-state index in [-0.39, 0.29) is 11.9 Å². The van der Waals surface area contributed by atoms with Crippen molar-refractivity contribution in [1.29, 1.82) is 0 Å². The van der Waals surface area contributed by atoms with Crippen molar-refractivity contribution in [3.63, 3.8) is 0 Å². The first kappa shape index (κ1) is 13.1. The molecule has 1 atom stereocenters. The summed E-state index contributed by atoms with van der Waals surface area (Å²) in [5.74, 6) is 0.179. The molecule has 2 rings (SSSR count). The number of nitrogen functional groups attached to an aromatic ring is 1. The van der Waals surface area contributed by atoms with Gasteiger partial charge in [-0.3, -0.25) is 4.79 Å². The van der Waals surface area contributed by atoms with Crippen LogP contribution in [0.1, 0.15) is 22.5 Å². The molecule has 1 saturated heterocycles. The van der Waals surface area contributed by atoms with Crippen LogP contribution in [0.15, 0.2) is 0 Å². The van der Waals surface area contributed by atoms with E-state index in [0.717, 1.165) is 25.9 Å². The summed E-state index contributed by atoms with van der Waals surface area (Å²) in [7, 11) is 3.83. The lowest BCUT2D eigenvalue weighted by Crippen LogP contribution is -2.46. The molecule has 100 valence electrons. The molecular formula is C11H19N5OS. The summed E-state index contributed by atoms with van der Waals surface area (Å²) >= 11 is 1.28. The molecule has 1 aliphatic rings. The summed E-state index contributed by atoms with van der Waals surface area (Å²) in [6.45, 7) is 1.99. The molecule has 0 aliphatic carbocycles. The van der Waals surface area contributed by atoms with Crippen molar-refractivity contribution in [2.45, 2.75) is 18.9 Å². The summed E-state index contributed by atoms with van der Waals surface area (Å²) in [6.07, 6.45) is 2.13. The van der Waals surface area contributed by atoms with Gasteiger partial charge in [-0.25, -0.2) is 4.98 Å². The number of aromatic nitrogens is 1. The molecule has 1 aromatic heterocycles. The standard InChI is InChI=1S/C11H19N5OS/c1-13-11-15-9(12)8(18-11)10(17)14-7-4-3-5-16(2)6-7/h7H,3-6,12H2,1-2H3,(H,13,15)(H,14,17). The van der Waals surface area contributed by atoms with Crippen LogP contribution >= 0.6 is 11.3 Å². The van der Waals surface area contributed by atoms with Gasteiger partial charge < -0.3 is 21.3 Å². The van der Waals surface area contributed by atoms with Gasteiger partial charge >= 0.3 is 0 Å². The minimum Gasteiger partial charge on any atom is -0.382 e. The monoisotopic (exact) mass is 269 g/mol. The van der Waals surface area contributed by atoms with E-state index in [2.05, 4.69) is 27.6 Å². The number of amides is 1. The first-order valence-electron chi connectivity index (χ1n) is 6.03. The van der Waals surface area contributed by atoms with Crippen LogP contribution in [0.3, 0.4) is 0 Å². The molecule has 0 saturated carbocycles. The predicted octanol–water partition coefficient (Wildman–Crippen LogP) is 0.591. The Morgan fingerprint density at radius 3 is 3.00 bits per heavy atom. The maximum atomic E-state index is 12.1. The Labute approximate surface area is 111 Å². The van der Waals surface area contributed by atoms with E-state index in [1.54, 1.807) is 7.05 Å². The van der Waals surface area contributed by atoms with Crippen molar-refractivity contribution >= 4 is 28.2 Å². The van der Waals surface area contributed by atoms with Crippen LogP contribution in [-0.2, 0) is 0 Å². The van der Waals surface area contributed by atoms with Gasteiger partial charge in [0.15, 0.2) is 5.13 Å². The summed E-state index contributed by atoms with van der Waals surface area (Å²) in [4.78, 5) is 18.9. The molecule has 1 aliphatic heterocycles. The third-order valence-electron chi connectivity index (χ3n) is 3.03. The van der Waals surface area contributed by atoms with Crippen molar-refractivity contribution in [3.8, 4) is 0 Å². The number of carbonyl (C=O) groups is 1. The Bertz CT molecular complexity index is 433. The maximum Gasteiger partial charge on any atom is 0.265 e. The van der Waals surface area contributed by atoms with Gasteiger partial charge in [0.2, 0.25) is 0 Å². The SMILES string of the molecule is CNc1nc(N)c(C(=O)NC2CCCN(C)C2)s1. The molecule has 1 fully saturated rings. The van der Waals surface area contributed by atoms with Gasteiger partial charge in [-0.05, 0) is 26.4 Å². The van der Waals surface area contributed by atoms with Crippen LogP contribution in [0.2, 0.25) is 0 Å². The Hall–Kier alpha value is -1.34. The maximum absolute atomic E-state index is 12.1. The van der Waals surface area contributed by atoms with Crippen molar-refractivity contribution in [3.05, 3.63) is 4.88 Å². The molecule has 2 heterocycles. The summed E-state index contributed by atoms with van der Waals surface area (Å²) in [5, 5.41) is 6.58. The molecule has 1 unspecified atom stereocenters. The number of likely N-dealkylation sites (N-methyl/N-ethyl adjacent to an activating group) is 1. The number of hydrogen-bond donors (Lipinski definition) is 3. The van der Waals surface area contributed by atoms with E-state index >= 15 is 0 Å². The number of carbonyl (C=O) groups excluding carboxylic acids is 1. The average Bonchev–Trinajstić information content (AvgIpc) is 2.70. The normalized spacial score (nSPS) is 20.7. The van der Waals surface area contributed by atoms with Gasteiger partial charge in [0.25, 0.3) is 5.91 Å². The number of hydrogen-bond acceptors (Lipinski definition) is 6. The van der Waals surface area contributed by atoms with Gasteiger partial charge in [0.05, 0.1) is 0 Å². The highest BCUT2D eigenvalue weighted by molar-refractivity contribution is 7.18. The number of likely N-dealkylation sites (tertiary alicyclic amines) is 1. The molecule has 18 heavy (non-hydrogen) atoms. The molecule has 6 nitrogen and oxygen atoms in total. The minimum absolute atomic E-state index is 0.119. The zero-order chi connectivity index (χ0) is 13.1. The molecule has 0 radical (unpaired) electrons. The second-order valence-corrected chi connectivity index (χ2v) is 5.56. The minimum atomic E-state index is -0.119. The molecular weight excluding hydrogens is 250 g/mol. The topological polar surface area (TPSA) is 83.3 Å². The molecule has 0 bridgehead atoms. The number of rotatable bonds is 3. The van der Waals surface area contributed by atoms with E-state index in [1.165, 1.54) is 11.3 Å². The first-order chi connectivity index (χ1) is 8.60. The van der Waals surface area contributed by atoms with Gasteiger partial charge in [-0.1, -0.05) is 11.3 Å². The van der Waals surface area contributed by atoms with Gasteiger partial charge in [-0.15, -0.1) is 0 Å². The lowest BCUT2D eigenvalue weighted by atomic mass is 10.1. The second-order valence-electron chi connectivity index (χ2n) is 4.56. The van der Waals surface area contributed by atoms with Crippen molar-refractivity contribution in [2.75, 3.05) is 38.2 Å². The lowest BCUT2D eigenvalue weighted by molar-refractivity contribution is 0.0917. The van der Waals surface area contributed by atoms with E-state index in [0.29, 0.717) is 15.8 Å². The number of nitrogens with two attached hydrogens (primary N) is 1. The third kappa shape index (κ3) is 2.91. The van der Waals surface area contributed by atoms with E-state index < -0.39 is 0 Å². The molecule has 4 N–H and O–H groups in total. The third-order valence-corrected chi connectivity index (χ3v) is 4.12. The first-order valence-corrected chi connectivity index (χ1v) is 6.85. The summed E-state index contributed by atoms with van der Waals surface area (Å²) in [6, 6.07) is 0.204. The second kappa shape index (κ2) is 5.53. The van der Waals surface area contributed by atoms with Crippen LogP contribution in [0.5, 0.6) is 0 Å². The van der Waals surface area contributed by atoms with Gasteiger partial charge in [0.1, 0.15) is 10.7 Å². The van der Waals surface area contributed by atoms with Crippen molar-refractivity contribution < 1.29 is 4.79 Å². The smallest absolute Gasteiger partial charge is 0.265 e. The fraction of sp³-hybridized carbons (Fsp3) is 0.636. The van der Waals surface area contributed by atoms with E-state index in [9.17, 15) is 4.79 Å². The Morgan fingerprint density at radius 2 is 2.39 bits per heavy atom. The summed E-state index contributed by atoms with van der Waals surface area (Å²) in [5.41, 5.74) is 5.74. The number of thiazole rings is 1. The molecule has 1 aromatic rings. The van der Waals surface area contributed by atoms with Crippen LogP contribution in [0, 0.1) is 0 Å². The zero-order valence-electron chi connectivity index (χ0n) is 10.7. The fourth-order valence-corrected chi connectivity index (χ4v) is 2.88. The van der Waals surface area contributed by atoms with Crippen LogP contribution < -0.4 is 16.4 Å². The molecule has 0 spiro atoms. The largest absolute Gasteiger partial charge is 0.382 e. The highest BCUT2D eigenvalue weighted by Crippen LogP contribution is 2.24. The molecule has 7 heteroatoms. The highest BCUT2D eigenvalue weighted by atomic mass is 32.1.